The van der Waals surface area contributed by atoms with E-state index < -0.39 is 10.8 Å². The fourth-order valence-corrected chi connectivity index (χ4v) is 2.36. The summed E-state index contributed by atoms with van der Waals surface area (Å²) in [5, 5.41) is 0. The first-order chi connectivity index (χ1) is 4.72. The van der Waals surface area contributed by atoms with Crippen molar-refractivity contribution in [2.24, 2.45) is 0 Å². The number of aryl methyl sites for hydroxylation is 1. The predicted molar refractivity (Wildman–Crippen MR) is 40.6 cm³/mol. The van der Waals surface area contributed by atoms with Crippen molar-refractivity contribution in [2.45, 2.75) is 23.6 Å². The number of benzene rings is 1. The maximum Gasteiger partial charge on any atom is 0.0877 e. The van der Waals surface area contributed by atoms with Gasteiger partial charge in [0.05, 0.1) is 20.6 Å². The van der Waals surface area contributed by atoms with E-state index in [9.17, 15) is 4.21 Å². The SMILES string of the molecule is Cc1ccc2c(c1C)S2=O. The number of hydrogen-bond donors (Lipinski definition) is 0. The average molecular weight is 152 g/mol. The molecule has 0 amide bonds. The first-order valence-corrected chi connectivity index (χ1v) is 4.39. The molecule has 0 radical (unpaired) electrons. The summed E-state index contributed by atoms with van der Waals surface area (Å²) < 4.78 is 11.0. The Bertz CT molecular complexity index is 328. The van der Waals surface area contributed by atoms with Crippen molar-refractivity contribution < 1.29 is 4.21 Å². The summed E-state index contributed by atoms with van der Waals surface area (Å²) in [5.41, 5.74) is 2.44. The fourth-order valence-electron chi connectivity index (χ4n) is 1.11. The quantitative estimate of drug-likeness (QED) is 0.526. The minimum Gasteiger partial charge on any atom is -0.249 e. The van der Waals surface area contributed by atoms with Gasteiger partial charge in [-0.3, -0.25) is 0 Å². The van der Waals surface area contributed by atoms with Gasteiger partial charge in [-0.1, -0.05) is 6.07 Å². The lowest BCUT2D eigenvalue weighted by Gasteiger charge is -1.91. The molecule has 1 aliphatic rings. The molecule has 0 fully saturated rings. The van der Waals surface area contributed by atoms with E-state index in [2.05, 4.69) is 0 Å². The topological polar surface area (TPSA) is 17.1 Å². The summed E-state index contributed by atoms with van der Waals surface area (Å²) in [7, 11) is -0.736. The zero-order valence-electron chi connectivity index (χ0n) is 5.97. The third kappa shape index (κ3) is 0.598. The molecule has 1 aliphatic heterocycles. The fraction of sp³-hybridized carbons (Fsp3) is 0.250. The van der Waals surface area contributed by atoms with Gasteiger partial charge in [-0.2, -0.15) is 0 Å². The lowest BCUT2D eigenvalue weighted by molar-refractivity contribution is 0.692. The molecule has 1 unspecified atom stereocenters. The van der Waals surface area contributed by atoms with Crippen molar-refractivity contribution in [3.05, 3.63) is 23.3 Å². The molecule has 0 spiro atoms. The van der Waals surface area contributed by atoms with Crippen molar-refractivity contribution in [3.63, 3.8) is 0 Å². The monoisotopic (exact) mass is 152 g/mol. The van der Waals surface area contributed by atoms with E-state index in [4.69, 9.17) is 0 Å². The van der Waals surface area contributed by atoms with E-state index >= 15 is 0 Å². The van der Waals surface area contributed by atoms with Crippen LogP contribution in [0.25, 0.3) is 0 Å². The normalized spacial score (nSPS) is 20.4. The van der Waals surface area contributed by atoms with Crippen LogP contribution in [0.3, 0.4) is 0 Å². The Kier molecular flexibility index (Phi) is 1.04. The molecule has 0 saturated carbocycles. The van der Waals surface area contributed by atoms with Crippen LogP contribution in [0, 0.1) is 13.8 Å². The maximum atomic E-state index is 11.0. The molecular weight excluding hydrogens is 144 g/mol. The molecule has 2 heteroatoms. The van der Waals surface area contributed by atoms with E-state index in [-0.39, 0.29) is 0 Å². The van der Waals surface area contributed by atoms with Crippen molar-refractivity contribution in [1.82, 2.24) is 0 Å². The summed E-state index contributed by atoms with van der Waals surface area (Å²) in [5.74, 6) is 0. The minimum absolute atomic E-state index is 0.736. The first kappa shape index (κ1) is 6.10. The Morgan fingerprint density at radius 3 is 2.60 bits per heavy atom. The third-order valence-electron chi connectivity index (χ3n) is 1.98. The first-order valence-electron chi connectivity index (χ1n) is 3.24. The van der Waals surface area contributed by atoms with Crippen LogP contribution in [0.15, 0.2) is 21.9 Å². The maximum absolute atomic E-state index is 11.0. The molecular formula is C8H8OS. The lowest BCUT2D eigenvalue weighted by Crippen LogP contribution is -1.75. The molecule has 10 heavy (non-hydrogen) atoms. The summed E-state index contributed by atoms with van der Waals surface area (Å²) in [6, 6.07) is 3.98. The summed E-state index contributed by atoms with van der Waals surface area (Å²) in [6.45, 7) is 4.07. The van der Waals surface area contributed by atoms with Crippen LogP contribution in [0.2, 0.25) is 0 Å². The number of fused-ring (bicyclic) bond motifs is 1. The van der Waals surface area contributed by atoms with Gasteiger partial charge >= 0.3 is 0 Å². The van der Waals surface area contributed by atoms with Gasteiger partial charge in [0.2, 0.25) is 0 Å². The van der Waals surface area contributed by atoms with Crippen LogP contribution in [0.5, 0.6) is 0 Å². The Hall–Kier alpha value is -0.630. The number of hydrogen-bond acceptors (Lipinski definition) is 1. The van der Waals surface area contributed by atoms with Gasteiger partial charge in [0.1, 0.15) is 0 Å². The molecule has 1 atom stereocenters. The van der Waals surface area contributed by atoms with Gasteiger partial charge in [0, 0.05) is 0 Å². The van der Waals surface area contributed by atoms with E-state index in [1.807, 2.05) is 26.0 Å². The largest absolute Gasteiger partial charge is 0.249 e. The zero-order valence-corrected chi connectivity index (χ0v) is 6.79. The Morgan fingerprint density at radius 1 is 1.30 bits per heavy atom. The van der Waals surface area contributed by atoms with Crippen LogP contribution in [-0.4, -0.2) is 4.21 Å². The molecule has 1 nitrogen and oxygen atoms in total. The van der Waals surface area contributed by atoms with Crippen molar-refractivity contribution in [3.8, 4) is 0 Å². The molecule has 0 N–H and O–H groups in total. The van der Waals surface area contributed by atoms with Crippen molar-refractivity contribution in [2.75, 3.05) is 0 Å². The lowest BCUT2D eigenvalue weighted by atomic mass is 10.1. The van der Waals surface area contributed by atoms with E-state index in [1.54, 1.807) is 0 Å². The highest BCUT2D eigenvalue weighted by atomic mass is 32.2. The van der Waals surface area contributed by atoms with Gasteiger partial charge in [-0.05, 0) is 31.0 Å². The standard InChI is InChI=1S/C8H8OS/c1-5-3-4-7-8(6(5)2)10(7)9/h3-4H,1-2H3. The Balaban J connectivity index is 2.74. The van der Waals surface area contributed by atoms with Crippen molar-refractivity contribution in [1.29, 1.82) is 0 Å². The third-order valence-corrected chi connectivity index (χ3v) is 3.42. The smallest absolute Gasteiger partial charge is 0.0877 e. The second-order valence-electron chi connectivity index (χ2n) is 2.60. The molecule has 1 heterocycles. The van der Waals surface area contributed by atoms with Crippen LogP contribution >= 0.6 is 0 Å². The molecule has 0 aliphatic carbocycles. The molecule has 0 bridgehead atoms. The number of rotatable bonds is 0. The summed E-state index contributed by atoms with van der Waals surface area (Å²) in [4.78, 5) is 2.10. The van der Waals surface area contributed by atoms with Gasteiger partial charge in [-0.25, -0.2) is 4.21 Å². The zero-order chi connectivity index (χ0) is 7.30. The van der Waals surface area contributed by atoms with Crippen LogP contribution < -0.4 is 0 Å². The molecule has 1 aromatic carbocycles. The minimum atomic E-state index is -0.736. The van der Waals surface area contributed by atoms with Crippen LogP contribution in [-0.2, 0) is 10.8 Å². The van der Waals surface area contributed by atoms with Crippen LogP contribution in [0.4, 0.5) is 0 Å². The highest BCUT2D eigenvalue weighted by Crippen LogP contribution is 2.39. The summed E-state index contributed by atoms with van der Waals surface area (Å²) >= 11 is 0. The Labute approximate surface area is 62.5 Å². The van der Waals surface area contributed by atoms with E-state index in [0.717, 1.165) is 9.79 Å². The van der Waals surface area contributed by atoms with Crippen LogP contribution in [0.1, 0.15) is 11.1 Å². The molecule has 1 aromatic rings. The second-order valence-corrected chi connectivity index (χ2v) is 3.99. The van der Waals surface area contributed by atoms with Gasteiger partial charge in [-0.15, -0.1) is 0 Å². The van der Waals surface area contributed by atoms with Gasteiger partial charge in [0.15, 0.2) is 0 Å². The van der Waals surface area contributed by atoms with Gasteiger partial charge < -0.3 is 0 Å². The van der Waals surface area contributed by atoms with E-state index in [0.29, 0.717) is 0 Å². The molecule has 2 rings (SSSR count). The molecule has 0 saturated heterocycles. The average Bonchev–Trinajstić information content (AvgIpc) is 2.54. The predicted octanol–water partition coefficient (Wildman–Crippen LogP) is 1.78. The summed E-state index contributed by atoms with van der Waals surface area (Å²) in [6.07, 6.45) is 0. The molecule has 0 aromatic heterocycles. The molecule has 52 valence electrons. The highest BCUT2D eigenvalue weighted by Gasteiger charge is 2.30. The second kappa shape index (κ2) is 1.70. The van der Waals surface area contributed by atoms with E-state index in [1.165, 1.54) is 11.1 Å². The Morgan fingerprint density at radius 2 is 2.00 bits per heavy atom. The highest BCUT2D eigenvalue weighted by molar-refractivity contribution is 7.91. The van der Waals surface area contributed by atoms with Gasteiger partial charge in [0.25, 0.3) is 0 Å². The van der Waals surface area contributed by atoms with Crippen molar-refractivity contribution >= 4 is 10.8 Å².